The maximum atomic E-state index is 14.8. The molecule has 0 spiro atoms. The van der Waals surface area contributed by atoms with Crippen molar-refractivity contribution in [3.8, 4) is 28.4 Å². The highest BCUT2D eigenvalue weighted by molar-refractivity contribution is 9.10. The van der Waals surface area contributed by atoms with Crippen LogP contribution in [0.3, 0.4) is 0 Å². The molecule has 0 bridgehead atoms. The van der Waals surface area contributed by atoms with Gasteiger partial charge >= 0.3 is 0 Å². The molecule has 0 unspecified atom stereocenters. The average Bonchev–Trinajstić information content (AvgIpc) is 3.55. The minimum absolute atomic E-state index is 0.0589. The lowest BCUT2D eigenvalue weighted by Crippen LogP contribution is -2.49. The van der Waals surface area contributed by atoms with Gasteiger partial charge in [-0.1, -0.05) is 88.7 Å². The Bertz CT molecular complexity index is 1930. The molecule has 6 rings (SSSR count). The summed E-state index contributed by atoms with van der Waals surface area (Å²) in [6.07, 6.45) is 0.0432. The normalized spacial score (nSPS) is 16.6. The summed E-state index contributed by atoms with van der Waals surface area (Å²) in [7, 11) is 3.19. The highest BCUT2D eigenvalue weighted by Gasteiger charge is 2.53. The van der Waals surface area contributed by atoms with E-state index >= 15 is 0 Å². The van der Waals surface area contributed by atoms with Crippen molar-refractivity contribution in [2.75, 3.05) is 27.4 Å². The minimum atomic E-state index is -1.39. The number of benzene rings is 5. The van der Waals surface area contributed by atoms with Crippen LogP contribution in [0, 0.1) is 0 Å². The Kier molecular flexibility index (Phi) is 11.2. The first kappa shape index (κ1) is 34.7. The Morgan fingerprint density at radius 3 is 2.20 bits per heavy atom. The van der Waals surface area contributed by atoms with Crippen molar-refractivity contribution in [1.29, 1.82) is 0 Å². The molecule has 0 saturated carbocycles. The Morgan fingerprint density at radius 2 is 1.50 bits per heavy atom. The number of carbonyl (C=O) groups excluding carboxylic acids is 1. The van der Waals surface area contributed by atoms with Crippen LogP contribution >= 0.6 is 15.9 Å². The molecular weight excluding hydrogens is 696 g/mol. The SMILES string of the molecule is COc1ccc(CNC(=O)[C@]2(Cc3ccccc3Br)N=C(c3ccc(OCCCO)cc3)O[C@@H]2c2ccc(-c3ccccc3)cc2)c(OC)c1. The number of amides is 1. The van der Waals surface area contributed by atoms with Crippen molar-refractivity contribution in [1.82, 2.24) is 5.32 Å². The van der Waals surface area contributed by atoms with E-state index in [1.807, 2.05) is 103 Å². The third-order valence-corrected chi connectivity index (χ3v) is 9.48. The number of carbonyl (C=O) groups is 1. The Labute approximate surface area is 300 Å². The molecule has 1 aliphatic rings. The summed E-state index contributed by atoms with van der Waals surface area (Å²) in [5.74, 6) is 1.99. The number of nitrogens with one attached hydrogen (secondary N) is 1. The zero-order valence-corrected chi connectivity index (χ0v) is 29.6. The Balaban J connectivity index is 1.41. The van der Waals surface area contributed by atoms with Crippen LogP contribution in [0.2, 0.25) is 0 Å². The van der Waals surface area contributed by atoms with Crippen LogP contribution in [0.15, 0.2) is 131 Å². The monoisotopic (exact) mass is 734 g/mol. The molecule has 5 aromatic carbocycles. The number of aliphatic hydroxyl groups excluding tert-OH is 1. The zero-order chi connectivity index (χ0) is 34.9. The summed E-state index contributed by atoms with van der Waals surface area (Å²) < 4.78 is 24.4. The molecule has 0 aromatic heterocycles. The Hall–Kier alpha value is -5.12. The molecule has 5 aromatic rings. The molecule has 50 heavy (non-hydrogen) atoms. The molecule has 0 saturated heterocycles. The predicted octanol–water partition coefficient (Wildman–Crippen LogP) is 7.71. The standard InChI is InChI=1S/C41H39BrN2O6/c1-47-35-22-19-33(37(25-35)48-2)27-43-40(46)41(26-32-11-6-7-12-36(32)42)38(30-15-13-29(14-16-30)28-9-4-3-5-10-28)50-39(44-41)31-17-20-34(21-18-31)49-24-8-23-45/h3-7,9-22,25,38,45H,8,23-24,26-27H2,1-2H3,(H,43,46)/t38-,41-/m1/s1. The maximum absolute atomic E-state index is 14.8. The van der Waals surface area contributed by atoms with Crippen LogP contribution < -0.4 is 19.5 Å². The van der Waals surface area contributed by atoms with Crippen LogP contribution in [0.5, 0.6) is 17.2 Å². The summed E-state index contributed by atoms with van der Waals surface area (Å²) in [5, 5.41) is 12.3. The number of rotatable bonds is 14. The van der Waals surface area contributed by atoms with E-state index in [9.17, 15) is 4.79 Å². The third-order valence-electron chi connectivity index (χ3n) is 8.70. The number of aliphatic imine (C=N–C) groups is 1. The summed E-state index contributed by atoms with van der Waals surface area (Å²) in [4.78, 5) is 20.0. The summed E-state index contributed by atoms with van der Waals surface area (Å²) in [6.45, 7) is 0.667. The number of halogens is 1. The third kappa shape index (κ3) is 7.69. The molecule has 0 fully saturated rings. The molecule has 1 heterocycles. The van der Waals surface area contributed by atoms with E-state index in [2.05, 4.69) is 33.4 Å². The minimum Gasteiger partial charge on any atom is -0.497 e. The fourth-order valence-corrected chi connectivity index (χ4v) is 6.45. The van der Waals surface area contributed by atoms with Crippen molar-refractivity contribution in [3.05, 3.63) is 148 Å². The average molecular weight is 736 g/mol. The number of nitrogens with zero attached hydrogens (tertiary/aromatic N) is 1. The van der Waals surface area contributed by atoms with Gasteiger partial charge in [0.1, 0.15) is 17.2 Å². The van der Waals surface area contributed by atoms with Gasteiger partial charge in [-0.15, -0.1) is 0 Å². The van der Waals surface area contributed by atoms with Crippen LogP contribution in [-0.2, 0) is 22.5 Å². The van der Waals surface area contributed by atoms with Crippen molar-refractivity contribution in [3.63, 3.8) is 0 Å². The molecular formula is C41H39BrN2O6. The van der Waals surface area contributed by atoms with Crippen LogP contribution in [0.25, 0.3) is 11.1 Å². The number of aliphatic hydroxyl groups is 1. The second kappa shape index (κ2) is 16.1. The number of ether oxygens (including phenoxy) is 4. The van der Waals surface area contributed by atoms with E-state index in [4.69, 9.17) is 29.0 Å². The maximum Gasteiger partial charge on any atom is 0.252 e. The number of hydrogen-bond acceptors (Lipinski definition) is 7. The molecule has 256 valence electrons. The van der Waals surface area contributed by atoms with E-state index in [0.29, 0.717) is 41.7 Å². The van der Waals surface area contributed by atoms with Gasteiger partial charge in [-0.2, -0.15) is 0 Å². The van der Waals surface area contributed by atoms with E-state index in [1.165, 1.54) is 0 Å². The van der Waals surface area contributed by atoms with Gasteiger partial charge in [0.2, 0.25) is 5.90 Å². The van der Waals surface area contributed by atoms with Crippen molar-refractivity contribution < 1.29 is 28.8 Å². The van der Waals surface area contributed by atoms with Crippen molar-refractivity contribution in [2.45, 2.75) is 31.0 Å². The fraction of sp³-hybridized carbons (Fsp3) is 0.220. The fourth-order valence-electron chi connectivity index (χ4n) is 6.02. The van der Waals surface area contributed by atoms with Gasteiger partial charge in [-0.3, -0.25) is 4.79 Å². The highest BCUT2D eigenvalue weighted by Crippen LogP contribution is 2.44. The lowest BCUT2D eigenvalue weighted by molar-refractivity contribution is -0.129. The van der Waals surface area contributed by atoms with E-state index in [-0.39, 0.29) is 25.5 Å². The summed E-state index contributed by atoms with van der Waals surface area (Å²) >= 11 is 3.71. The van der Waals surface area contributed by atoms with Gasteiger partial charge in [0.15, 0.2) is 11.6 Å². The van der Waals surface area contributed by atoms with Gasteiger partial charge in [0, 0.05) is 47.7 Å². The first-order valence-corrected chi connectivity index (χ1v) is 17.2. The largest absolute Gasteiger partial charge is 0.497 e. The topological polar surface area (TPSA) is 98.6 Å². The molecule has 1 aliphatic heterocycles. The van der Waals surface area contributed by atoms with Gasteiger partial charge in [-0.05, 0) is 64.7 Å². The zero-order valence-electron chi connectivity index (χ0n) is 28.0. The lowest BCUT2D eigenvalue weighted by atomic mass is 9.81. The molecule has 2 atom stereocenters. The quantitative estimate of drug-likeness (QED) is 0.114. The summed E-state index contributed by atoms with van der Waals surface area (Å²) in [6, 6.07) is 39.1. The molecule has 0 radical (unpaired) electrons. The molecule has 0 aliphatic carbocycles. The van der Waals surface area contributed by atoms with Crippen LogP contribution in [0.4, 0.5) is 0 Å². The first-order valence-electron chi connectivity index (χ1n) is 16.4. The second-order valence-electron chi connectivity index (χ2n) is 11.9. The van der Waals surface area contributed by atoms with Crippen LogP contribution in [-0.4, -0.2) is 49.9 Å². The smallest absolute Gasteiger partial charge is 0.252 e. The van der Waals surface area contributed by atoms with Gasteiger partial charge in [-0.25, -0.2) is 4.99 Å². The number of hydrogen-bond donors (Lipinski definition) is 2. The molecule has 1 amide bonds. The van der Waals surface area contributed by atoms with E-state index in [1.54, 1.807) is 20.3 Å². The second-order valence-corrected chi connectivity index (χ2v) is 12.8. The number of methoxy groups -OCH3 is 2. The van der Waals surface area contributed by atoms with Gasteiger partial charge in [0.25, 0.3) is 5.91 Å². The van der Waals surface area contributed by atoms with Crippen LogP contribution in [0.1, 0.15) is 34.8 Å². The highest BCUT2D eigenvalue weighted by atomic mass is 79.9. The van der Waals surface area contributed by atoms with Crippen molar-refractivity contribution in [2.24, 2.45) is 4.99 Å². The lowest BCUT2D eigenvalue weighted by Gasteiger charge is -2.31. The first-order chi connectivity index (χ1) is 24.4. The van der Waals surface area contributed by atoms with Gasteiger partial charge in [0.05, 0.1) is 20.8 Å². The van der Waals surface area contributed by atoms with Gasteiger partial charge < -0.3 is 29.4 Å². The summed E-state index contributed by atoms with van der Waals surface area (Å²) in [5.41, 5.74) is 4.00. The van der Waals surface area contributed by atoms with E-state index < -0.39 is 11.6 Å². The Morgan fingerprint density at radius 1 is 0.820 bits per heavy atom. The molecule has 9 heteroatoms. The predicted molar refractivity (Wildman–Crippen MR) is 198 cm³/mol. The van der Waals surface area contributed by atoms with Crippen molar-refractivity contribution >= 4 is 27.7 Å². The molecule has 2 N–H and O–H groups in total. The molecule has 8 nitrogen and oxygen atoms in total. The van der Waals surface area contributed by atoms with E-state index in [0.717, 1.165) is 32.3 Å².